The van der Waals surface area contributed by atoms with Gasteiger partial charge in [-0.25, -0.2) is 0 Å². The van der Waals surface area contributed by atoms with Crippen LogP contribution in [0.1, 0.15) is 36.2 Å². The van der Waals surface area contributed by atoms with E-state index in [1.807, 2.05) is 18.8 Å². The highest BCUT2D eigenvalue weighted by Gasteiger charge is 2.10. The molecule has 0 aliphatic carbocycles. The number of nitrogens with one attached hydrogen (secondary N) is 2. The van der Waals surface area contributed by atoms with E-state index < -0.39 is 0 Å². The summed E-state index contributed by atoms with van der Waals surface area (Å²) in [5.74, 6) is 0.890. The van der Waals surface area contributed by atoms with Crippen LogP contribution in [0.5, 0.6) is 0 Å². The minimum absolute atomic E-state index is 0. The maximum atomic E-state index is 4.47. The van der Waals surface area contributed by atoms with Crippen molar-refractivity contribution >= 4 is 29.9 Å². The predicted molar refractivity (Wildman–Crippen MR) is 111 cm³/mol. The summed E-state index contributed by atoms with van der Waals surface area (Å²) in [5.41, 5.74) is 3.71. The van der Waals surface area contributed by atoms with Crippen LogP contribution in [0.15, 0.2) is 4.99 Å². The predicted octanol–water partition coefficient (Wildman–Crippen LogP) is 1.85. The van der Waals surface area contributed by atoms with E-state index in [2.05, 4.69) is 39.5 Å². The number of nitrogens with zero attached hydrogens (tertiary/aromatic N) is 4. The summed E-state index contributed by atoms with van der Waals surface area (Å²) in [6, 6.07) is 0. The number of likely N-dealkylation sites (tertiary alicyclic amines) is 1. The molecule has 1 fully saturated rings. The van der Waals surface area contributed by atoms with Crippen LogP contribution < -0.4 is 10.6 Å². The lowest BCUT2D eigenvalue weighted by Crippen LogP contribution is -2.43. The van der Waals surface area contributed by atoms with Crippen molar-refractivity contribution < 1.29 is 0 Å². The highest BCUT2D eigenvalue weighted by atomic mass is 127. The Kier molecular flexibility index (Phi) is 9.65. The summed E-state index contributed by atoms with van der Waals surface area (Å²) in [6.45, 7) is 9.61. The molecule has 0 amide bonds. The van der Waals surface area contributed by atoms with Crippen LogP contribution in [0, 0.1) is 13.8 Å². The molecule has 1 aromatic heterocycles. The van der Waals surface area contributed by atoms with Crippen molar-refractivity contribution in [1.82, 2.24) is 25.3 Å². The van der Waals surface area contributed by atoms with Gasteiger partial charge in [0.25, 0.3) is 0 Å². The van der Waals surface area contributed by atoms with Gasteiger partial charge in [0, 0.05) is 39.4 Å². The Labute approximate surface area is 163 Å². The van der Waals surface area contributed by atoms with Crippen LogP contribution in [0.4, 0.5) is 0 Å². The number of aliphatic imine (C=N–C) groups is 1. The summed E-state index contributed by atoms with van der Waals surface area (Å²) in [5, 5.41) is 11.3. The van der Waals surface area contributed by atoms with E-state index in [0.29, 0.717) is 0 Å². The average Bonchev–Trinajstić information content (AvgIpc) is 2.80. The van der Waals surface area contributed by atoms with Gasteiger partial charge in [-0.1, -0.05) is 6.42 Å². The third-order valence-corrected chi connectivity index (χ3v) is 4.72. The van der Waals surface area contributed by atoms with E-state index >= 15 is 0 Å². The van der Waals surface area contributed by atoms with Crippen LogP contribution in [0.25, 0.3) is 0 Å². The van der Waals surface area contributed by atoms with Crippen molar-refractivity contribution in [3.63, 3.8) is 0 Å². The molecule has 2 heterocycles. The Morgan fingerprint density at radius 2 is 1.79 bits per heavy atom. The second kappa shape index (κ2) is 10.9. The lowest BCUT2D eigenvalue weighted by atomic mass is 10.1. The van der Waals surface area contributed by atoms with E-state index in [0.717, 1.165) is 37.7 Å². The molecule has 7 heteroatoms. The maximum absolute atomic E-state index is 4.47. The first kappa shape index (κ1) is 21.2. The molecule has 0 radical (unpaired) electrons. The van der Waals surface area contributed by atoms with E-state index in [9.17, 15) is 0 Å². The van der Waals surface area contributed by atoms with Crippen molar-refractivity contribution in [3.05, 3.63) is 17.0 Å². The molecule has 6 nitrogen and oxygen atoms in total. The Hall–Kier alpha value is -0.830. The number of aromatic nitrogens is 2. The highest BCUT2D eigenvalue weighted by molar-refractivity contribution is 14.0. The van der Waals surface area contributed by atoms with E-state index in [4.69, 9.17) is 0 Å². The molecule has 0 unspecified atom stereocenters. The molecule has 1 aromatic rings. The molecular weight excluding hydrogens is 415 g/mol. The lowest BCUT2D eigenvalue weighted by Gasteiger charge is -2.26. The number of aryl methyl sites for hydroxylation is 2. The van der Waals surface area contributed by atoms with Gasteiger partial charge in [0.1, 0.15) is 0 Å². The molecule has 0 spiro atoms. The monoisotopic (exact) mass is 448 g/mol. The van der Waals surface area contributed by atoms with E-state index in [-0.39, 0.29) is 24.0 Å². The van der Waals surface area contributed by atoms with Crippen molar-refractivity contribution in [2.75, 3.05) is 39.8 Å². The van der Waals surface area contributed by atoms with Crippen LogP contribution in [-0.4, -0.2) is 60.4 Å². The first-order valence-corrected chi connectivity index (χ1v) is 8.77. The Morgan fingerprint density at radius 1 is 1.12 bits per heavy atom. The standard InChI is InChI=1S/C17H32N6.HI/c1-14-16(15(2)22(4)21-14)8-9-19-17(18-3)20-10-13-23-11-6-5-7-12-23;/h5-13H2,1-4H3,(H2,18,19,20);1H. The summed E-state index contributed by atoms with van der Waals surface area (Å²) >= 11 is 0. The molecule has 2 N–H and O–H groups in total. The fourth-order valence-corrected chi connectivity index (χ4v) is 3.22. The number of rotatable bonds is 6. The van der Waals surface area contributed by atoms with Gasteiger partial charge in [0.05, 0.1) is 5.69 Å². The lowest BCUT2D eigenvalue weighted by molar-refractivity contribution is 0.232. The van der Waals surface area contributed by atoms with Gasteiger partial charge in [-0.15, -0.1) is 24.0 Å². The van der Waals surface area contributed by atoms with E-state index in [1.165, 1.54) is 43.6 Å². The molecule has 24 heavy (non-hydrogen) atoms. The quantitative estimate of drug-likeness (QED) is 0.396. The van der Waals surface area contributed by atoms with Crippen LogP contribution in [0.3, 0.4) is 0 Å². The molecule has 0 bridgehead atoms. The SMILES string of the molecule is CN=C(NCCc1c(C)nn(C)c1C)NCCN1CCCCC1.I. The van der Waals surface area contributed by atoms with Crippen molar-refractivity contribution in [2.24, 2.45) is 12.0 Å². The van der Waals surface area contributed by atoms with Crippen molar-refractivity contribution in [1.29, 1.82) is 0 Å². The smallest absolute Gasteiger partial charge is 0.191 e. The zero-order valence-corrected chi connectivity index (χ0v) is 17.9. The molecule has 138 valence electrons. The second-order valence-corrected chi connectivity index (χ2v) is 6.35. The highest BCUT2D eigenvalue weighted by Crippen LogP contribution is 2.11. The average molecular weight is 448 g/mol. The summed E-state index contributed by atoms with van der Waals surface area (Å²) in [4.78, 5) is 6.84. The minimum atomic E-state index is 0. The Bertz CT molecular complexity index is 519. The van der Waals surface area contributed by atoms with Gasteiger partial charge in [-0.05, 0) is 51.8 Å². The number of halogens is 1. The van der Waals surface area contributed by atoms with Crippen molar-refractivity contribution in [2.45, 2.75) is 39.5 Å². The van der Waals surface area contributed by atoms with Gasteiger partial charge < -0.3 is 15.5 Å². The second-order valence-electron chi connectivity index (χ2n) is 6.35. The number of hydrogen-bond donors (Lipinski definition) is 2. The molecule has 0 saturated carbocycles. The topological polar surface area (TPSA) is 57.5 Å². The third kappa shape index (κ3) is 6.23. The van der Waals surface area contributed by atoms with Gasteiger partial charge in [-0.3, -0.25) is 9.67 Å². The fraction of sp³-hybridized carbons (Fsp3) is 0.765. The van der Waals surface area contributed by atoms with Gasteiger partial charge >= 0.3 is 0 Å². The number of hydrogen-bond acceptors (Lipinski definition) is 3. The zero-order valence-electron chi connectivity index (χ0n) is 15.6. The molecule has 2 rings (SSSR count). The molecule has 1 saturated heterocycles. The molecule has 0 atom stereocenters. The third-order valence-electron chi connectivity index (χ3n) is 4.72. The van der Waals surface area contributed by atoms with E-state index in [1.54, 1.807) is 0 Å². The van der Waals surface area contributed by atoms with Crippen molar-refractivity contribution in [3.8, 4) is 0 Å². The van der Waals surface area contributed by atoms with Gasteiger partial charge in [0.2, 0.25) is 0 Å². The summed E-state index contributed by atoms with van der Waals surface area (Å²) in [6.07, 6.45) is 5.05. The van der Waals surface area contributed by atoms with Crippen LogP contribution in [0.2, 0.25) is 0 Å². The van der Waals surface area contributed by atoms with Crippen LogP contribution in [-0.2, 0) is 13.5 Å². The number of guanidine groups is 1. The summed E-state index contributed by atoms with van der Waals surface area (Å²) < 4.78 is 1.95. The fourth-order valence-electron chi connectivity index (χ4n) is 3.22. The molecule has 0 aromatic carbocycles. The Balaban J connectivity index is 0.00000288. The van der Waals surface area contributed by atoms with Gasteiger partial charge in [-0.2, -0.15) is 5.10 Å². The summed E-state index contributed by atoms with van der Waals surface area (Å²) in [7, 11) is 3.83. The number of piperidine rings is 1. The minimum Gasteiger partial charge on any atom is -0.356 e. The molecule has 1 aliphatic rings. The molecular formula is C17H33IN6. The Morgan fingerprint density at radius 3 is 2.38 bits per heavy atom. The largest absolute Gasteiger partial charge is 0.356 e. The maximum Gasteiger partial charge on any atom is 0.191 e. The van der Waals surface area contributed by atoms with Crippen LogP contribution >= 0.6 is 24.0 Å². The van der Waals surface area contributed by atoms with Gasteiger partial charge in [0.15, 0.2) is 5.96 Å². The molecule has 1 aliphatic heterocycles. The zero-order chi connectivity index (χ0) is 16.7. The first-order chi connectivity index (χ1) is 11.1. The normalized spacial score (nSPS) is 15.9. The first-order valence-electron chi connectivity index (χ1n) is 8.77.